The highest BCUT2D eigenvalue weighted by atomic mass is 79.9. The van der Waals surface area contributed by atoms with Crippen LogP contribution in [0.3, 0.4) is 0 Å². The zero-order valence-electron chi connectivity index (χ0n) is 12.4. The number of fused-ring (bicyclic) bond motifs is 1. The third-order valence-corrected chi connectivity index (χ3v) is 5.62. The number of ether oxygens (including phenoxy) is 1. The molecule has 4 nitrogen and oxygen atoms in total. The van der Waals surface area contributed by atoms with Crippen molar-refractivity contribution in [2.75, 3.05) is 13.2 Å². The van der Waals surface area contributed by atoms with Crippen LogP contribution in [0.2, 0.25) is 0 Å². The van der Waals surface area contributed by atoms with Crippen LogP contribution < -0.4 is 0 Å². The number of rotatable bonds is 3. The standard InChI is InChI=1S/C15H24BrN3O/c1-3-11-15(16)13(18(2)17-11)10-19-8-9-20-14-7-5-4-6-12(14)19/h12,14H,3-10H2,1-2H3. The van der Waals surface area contributed by atoms with Crippen LogP contribution in [0.25, 0.3) is 0 Å². The van der Waals surface area contributed by atoms with Crippen LogP contribution in [0, 0.1) is 0 Å². The second-order valence-corrected chi connectivity index (χ2v) is 6.71. The Kier molecular flexibility index (Phi) is 4.48. The first-order chi connectivity index (χ1) is 9.70. The van der Waals surface area contributed by atoms with Crippen molar-refractivity contribution >= 4 is 15.9 Å². The summed E-state index contributed by atoms with van der Waals surface area (Å²) in [5.74, 6) is 0. The fourth-order valence-corrected chi connectivity index (χ4v) is 4.30. The van der Waals surface area contributed by atoms with E-state index in [0.29, 0.717) is 12.1 Å². The molecule has 2 fully saturated rings. The van der Waals surface area contributed by atoms with Gasteiger partial charge in [0.05, 0.1) is 28.6 Å². The van der Waals surface area contributed by atoms with Crippen molar-refractivity contribution in [3.63, 3.8) is 0 Å². The van der Waals surface area contributed by atoms with Gasteiger partial charge < -0.3 is 4.74 Å². The van der Waals surface area contributed by atoms with Crippen molar-refractivity contribution in [2.24, 2.45) is 7.05 Å². The van der Waals surface area contributed by atoms with Crippen LogP contribution in [-0.4, -0.2) is 40.0 Å². The van der Waals surface area contributed by atoms with Crippen LogP contribution in [0.4, 0.5) is 0 Å². The normalized spacial score (nSPS) is 27.6. The lowest BCUT2D eigenvalue weighted by Gasteiger charge is -2.43. The number of hydrogen-bond donors (Lipinski definition) is 0. The van der Waals surface area contributed by atoms with Gasteiger partial charge in [0.25, 0.3) is 0 Å². The summed E-state index contributed by atoms with van der Waals surface area (Å²) in [6.07, 6.45) is 6.60. The Balaban J connectivity index is 1.78. The third-order valence-electron chi connectivity index (χ3n) is 4.70. The number of aromatic nitrogens is 2. The Morgan fingerprint density at radius 1 is 1.35 bits per heavy atom. The molecule has 2 atom stereocenters. The lowest BCUT2D eigenvalue weighted by Crippen LogP contribution is -2.52. The quantitative estimate of drug-likeness (QED) is 0.846. The van der Waals surface area contributed by atoms with Gasteiger partial charge in [-0.3, -0.25) is 9.58 Å². The molecule has 5 heteroatoms. The van der Waals surface area contributed by atoms with Gasteiger partial charge in [-0.15, -0.1) is 0 Å². The zero-order chi connectivity index (χ0) is 14.1. The van der Waals surface area contributed by atoms with Gasteiger partial charge in [0.1, 0.15) is 0 Å². The lowest BCUT2D eigenvalue weighted by molar-refractivity contribution is -0.0917. The molecular weight excluding hydrogens is 318 g/mol. The first-order valence-corrected chi connectivity index (χ1v) is 8.56. The van der Waals surface area contributed by atoms with Crippen LogP contribution >= 0.6 is 15.9 Å². The molecule has 0 aromatic carbocycles. The molecule has 20 heavy (non-hydrogen) atoms. The molecule has 2 aliphatic rings. The topological polar surface area (TPSA) is 30.3 Å². The van der Waals surface area contributed by atoms with Gasteiger partial charge in [-0.05, 0) is 35.2 Å². The molecule has 2 unspecified atom stereocenters. The number of aryl methyl sites for hydroxylation is 2. The predicted octanol–water partition coefficient (Wildman–Crippen LogP) is 2.89. The summed E-state index contributed by atoms with van der Waals surface area (Å²) < 4.78 is 9.19. The fraction of sp³-hybridized carbons (Fsp3) is 0.800. The average Bonchev–Trinajstić information content (AvgIpc) is 2.75. The zero-order valence-corrected chi connectivity index (χ0v) is 14.0. The molecule has 1 saturated heterocycles. The third kappa shape index (κ3) is 2.68. The van der Waals surface area contributed by atoms with Gasteiger partial charge >= 0.3 is 0 Å². The molecule has 1 aliphatic carbocycles. The minimum Gasteiger partial charge on any atom is -0.375 e. The van der Waals surface area contributed by atoms with E-state index in [9.17, 15) is 0 Å². The number of halogens is 1. The van der Waals surface area contributed by atoms with Crippen molar-refractivity contribution in [1.82, 2.24) is 14.7 Å². The molecule has 0 N–H and O–H groups in total. The van der Waals surface area contributed by atoms with Gasteiger partial charge in [0.2, 0.25) is 0 Å². The van der Waals surface area contributed by atoms with Crippen LogP contribution in [0.1, 0.15) is 44.0 Å². The van der Waals surface area contributed by atoms with Crippen molar-refractivity contribution < 1.29 is 4.74 Å². The first-order valence-electron chi connectivity index (χ1n) is 7.76. The molecular formula is C15H24BrN3O. The van der Waals surface area contributed by atoms with E-state index < -0.39 is 0 Å². The monoisotopic (exact) mass is 341 g/mol. The van der Waals surface area contributed by atoms with Gasteiger partial charge in [0.15, 0.2) is 0 Å². The van der Waals surface area contributed by atoms with Gasteiger partial charge in [-0.2, -0.15) is 5.10 Å². The second-order valence-electron chi connectivity index (χ2n) is 5.92. The van der Waals surface area contributed by atoms with Crippen molar-refractivity contribution in [3.05, 3.63) is 15.9 Å². The van der Waals surface area contributed by atoms with Crippen LogP contribution in [0.15, 0.2) is 4.47 Å². The van der Waals surface area contributed by atoms with Gasteiger partial charge in [-0.25, -0.2) is 0 Å². The highest BCUT2D eigenvalue weighted by Gasteiger charge is 2.34. The second kappa shape index (κ2) is 6.16. The molecule has 0 bridgehead atoms. The maximum atomic E-state index is 5.96. The van der Waals surface area contributed by atoms with E-state index in [0.717, 1.165) is 31.8 Å². The van der Waals surface area contributed by atoms with Crippen molar-refractivity contribution in [2.45, 2.75) is 57.7 Å². The molecule has 0 radical (unpaired) electrons. The largest absolute Gasteiger partial charge is 0.375 e. The minimum absolute atomic E-state index is 0.454. The Morgan fingerprint density at radius 3 is 2.90 bits per heavy atom. The Bertz CT molecular complexity index is 472. The number of morpholine rings is 1. The van der Waals surface area contributed by atoms with E-state index in [1.807, 2.05) is 4.68 Å². The smallest absolute Gasteiger partial charge is 0.0767 e. The molecule has 112 valence electrons. The van der Waals surface area contributed by atoms with Crippen LogP contribution in [0.5, 0.6) is 0 Å². The molecule has 1 aliphatic heterocycles. The SMILES string of the molecule is CCc1nn(C)c(CN2CCOC3CCCCC32)c1Br. The molecule has 0 spiro atoms. The van der Waals surface area contributed by atoms with Crippen molar-refractivity contribution in [1.29, 1.82) is 0 Å². The summed E-state index contributed by atoms with van der Waals surface area (Å²) in [5, 5.41) is 4.61. The molecule has 3 rings (SSSR count). The van der Waals surface area contributed by atoms with Crippen molar-refractivity contribution in [3.8, 4) is 0 Å². The minimum atomic E-state index is 0.454. The fourth-order valence-electron chi connectivity index (χ4n) is 3.56. The van der Waals surface area contributed by atoms with Gasteiger partial charge in [0, 0.05) is 26.2 Å². The lowest BCUT2D eigenvalue weighted by atomic mass is 9.90. The predicted molar refractivity (Wildman–Crippen MR) is 82.7 cm³/mol. The summed E-state index contributed by atoms with van der Waals surface area (Å²) >= 11 is 3.74. The van der Waals surface area contributed by atoms with E-state index >= 15 is 0 Å². The molecule has 2 heterocycles. The van der Waals surface area contributed by atoms with E-state index in [1.54, 1.807) is 0 Å². The summed E-state index contributed by atoms with van der Waals surface area (Å²) in [7, 11) is 2.05. The Morgan fingerprint density at radius 2 is 2.15 bits per heavy atom. The van der Waals surface area contributed by atoms with E-state index in [1.165, 1.54) is 35.8 Å². The number of hydrogen-bond acceptors (Lipinski definition) is 3. The highest BCUT2D eigenvalue weighted by Crippen LogP contribution is 2.31. The molecule has 1 aromatic heterocycles. The number of nitrogens with zero attached hydrogens (tertiary/aromatic N) is 3. The van der Waals surface area contributed by atoms with Gasteiger partial charge in [-0.1, -0.05) is 19.8 Å². The Hall–Kier alpha value is -0.390. The molecule has 0 amide bonds. The summed E-state index contributed by atoms with van der Waals surface area (Å²) in [5.41, 5.74) is 2.46. The first kappa shape index (κ1) is 14.5. The summed E-state index contributed by atoms with van der Waals surface area (Å²) in [4.78, 5) is 2.61. The van der Waals surface area contributed by atoms with E-state index in [2.05, 4.69) is 39.9 Å². The molecule has 1 aromatic rings. The Labute approximate surface area is 129 Å². The summed E-state index contributed by atoms with van der Waals surface area (Å²) in [6, 6.07) is 0.601. The maximum Gasteiger partial charge on any atom is 0.0767 e. The van der Waals surface area contributed by atoms with E-state index in [4.69, 9.17) is 4.74 Å². The highest BCUT2D eigenvalue weighted by molar-refractivity contribution is 9.10. The van der Waals surface area contributed by atoms with E-state index in [-0.39, 0.29) is 0 Å². The van der Waals surface area contributed by atoms with Crippen LogP contribution in [-0.2, 0) is 24.8 Å². The summed E-state index contributed by atoms with van der Waals surface area (Å²) in [6.45, 7) is 5.05. The maximum absolute atomic E-state index is 5.96. The average molecular weight is 342 g/mol. The molecule has 1 saturated carbocycles.